The highest BCUT2D eigenvalue weighted by molar-refractivity contribution is 4.82. The van der Waals surface area contributed by atoms with Crippen molar-refractivity contribution in [1.82, 2.24) is 0 Å². The maximum Gasteiger partial charge on any atom is 0.183 e. The van der Waals surface area contributed by atoms with Gasteiger partial charge in [0.15, 0.2) is 6.29 Å². The second-order valence-corrected chi connectivity index (χ2v) is 2.48. The second kappa shape index (κ2) is 3.46. The fraction of sp³-hybridized carbons (Fsp3) is 1.00. The van der Waals surface area contributed by atoms with Gasteiger partial charge in [0.25, 0.3) is 0 Å². The van der Waals surface area contributed by atoms with Crippen LogP contribution in [0.2, 0.25) is 0 Å². The first kappa shape index (κ1) is 8.89. The molecule has 0 aromatic carbocycles. The van der Waals surface area contributed by atoms with Crippen LogP contribution in [0.1, 0.15) is 0 Å². The van der Waals surface area contributed by atoms with Crippen molar-refractivity contribution in [2.45, 2.75) is 24.6 Å². The minimum atomic E-state index is -1.15. The van der Waals surface area contributed by atoms with Crippen LogP contribution in [-0.2, 0) is 9.47 Å². The molecule has 0 spiro atoms. The van der Waals surface area contributed by atoms with Crippen LogP contribution in [0.25, 0.3) is 0 Å². The van der Waals surface area contributed by atoms with Crippen molar-refractivity contribution in [3.8, 4) is 0 Å². The normalized spacial score (nSPS) is 45.8. The van der Waals surface area contributed by atoms with Crippen molar-refractivity contribution in [2.24, 2.45) is 0 Å². The van der Waals surface area contributed by atoms with Crippen LogP contribution in [-0.4, -0.2) is 53.6 Å². The number of hydrogen-bond acceptors (Lipinski definition) is 5. The maximum atomic E-state index is 9.19. The average Bonchev–Trinajstić information content (AvgIpc) is 1.99. The van der Waals surface area contributed by atoms with E-state index >= 15 is 0 Å². The fourth-order valence-corrected chi connectivity index (χ4v) is 1.03. The number of hydrogen-bond donors (Lipinski definition) is 3. The lowest BCUT2D eigenvalue weighted by Crippen LogP contribution is -2.53. The van der Waals surface area contributed by atoms with Gasteiger partial charge >= 0.3 is 0 Å². The van der Waals surface area contributed by atoms with Gasteiger partial charge in [0.05, 0.1) is 6.61 Å². The van der Waals surface area contributed by atoms with Crippen LogP contribution in [0.4, 0.5) is 0 Å². The molecule has 0 radical (unpaired) electrons. The largest absolute Gasteiger partial charge is 0.388 e. The summed E-state index contributed by atoms with van der Waals surface area (Å²) in [7, 11) is 1.33. The lowest BCUT2D eigenvalue weighted by atomic mass is 10.1. The average molecular weight is 164 g/mol. The Balaban J connectivity index is 2.55. The molecule has 0 aliphatic carbocycles. The number of aliphatic hydroxyl groups excluding tert-OH is 3. The van der Waals surface area contributed by atoms with E-state index < -0.39 is 24.6 Å². The Labute approximate surface area is 64.2 Å². The van der Waals surface area contributed by atoms with Gasteiger partial charge in [-0.3, -0.25) is 0 Å². The Morgan fingerprint density at radius 3 is 2.45 bits per heavy atom. The molecule has 66 valence electrons. The number of ether oxygens (including phenoxy) is 2. The minimum Gasteiger partial charge on any atom is -0.388 e. The Kier molecular flexibility index (Phi) is 2.80. The smallest absolute Gasteiger partial charge is 0.183 e. The number of rotatable bonds is 1. The molecule has 5 nitrogen and oxygen atoms in total. The zero-order chi connectivity index (χ0) is 8.43. The molecule has 1 rings (SSSR count). The molecule has 5 heteroatoms. The molecule has 4 atom stereocenters. The third kappa shape index (κ3) is 1.69. The summed E-state index contributed by atoms with van der Waals surface area (Å²) in [4.78, 5) is 0. The Hall–Kier alpha value is -0.200. The first-order valence-electron chi connectivity index (χ1n) is 3.35. The number of aliphatic hydroxyl groups is 3. The SMILES string of the molecule is CO[C@@H]1C(O)OC[C@@H](O)[C@H]1O. The van der Waals surface area contributed by atoms with Crippen LogP contribution in [0, 0.1) is 0 Å². The van der Waals surface area contributed by atoms with Crippen molar-refractivity contribution < 1.29 is 24.8 Å². The third-order valence-corrected chi connectivity index (χ3v) is 1.72. The highest BCUT2D eigenvalue weighted by atomic mass is 16.6. The summed E-state index contributed by atoms with van der Waals surface area (Å²) in [5, 5.41) is 27.3. The lowest BCUT2D eigenvalue weighted by Gasteiger charge is -2.34. The molecule has 0 bridgehead atoms. The van der Waals surface area contributed by atoms with E-state index in [2.05, 4.69) is 4.74 Å². The molecule has 0 saturated carbocycles. The summed E-state index contributed by atoms with van der Waals surface area (Å²) in [5.41, 5.74) is 0. The lowest BCUT2D eigenvalue weighted by molar-refractivity contribution is -0.258. The van der Waals surface area contributed by atoms with E-state index in [1.807, 2.05) is 0 Å². The zero-order valence-corrected chi connectivity index (χ0v) is 6.17. The van der Waals surface area contributed by atoms with Gasteiger partial charge in [-0.15, -0.1) is 0 Å². The van der Waals surface area contributed by atoms with Crippen LogP contribution >= 0.6 is 0 Å². The van der Waals surface area contributed by atoms with Gasteiger partial charge in [0.2, 0.25) is 0 Å². The van der Waals surface area contributed by atoms with Crippen molar-refractivity contribution >= 4 is 0 Å². The fourth-order valence-electron chi connectivity index (χ4n) is 1.03. The molecular weight excluding hydrogens is 152 g/mol. The molecule has 1 aliphatic rings. The molecule has 1 heterocycles. The van der Waals surface area contributed by atoms with Crippen LogP contribution in [0.15, 0.2) is 0 Å². The van der Waals surface area contributed by atoms with E-state index in [4.69, 9.17) is 14.9 Å². The summed E-state index contributed by atoms with van der Waals surface area (Å²) >= 11 is 0. The van der Waals surface area contributed by atoms with Gasteiger partial charge in [-0.2, -0.15) is 0 Å². The van der Waals surface area contributed by atoms with E-state index in [0.717, 1.165) is 0 Å². The molecule has 1 unspecified atom stereocenters. The Morgan fingerprint density at radius 2 is 2.00 bits per heavy atom. The molecule has 1 fully saturated rings. The Bertz CT molecular complexity index is 128. The molecule has 3 N–H and O–H groups in total. The standard InChI is InChI=1S/C6H12O5/c1-10-5-4(8)3(7)2-11-6(5)9/h3-9H,2H2,1H3/t3-,4-,5+,6?/m1/s1. The molecule has 1 aliphatic heterocycles. The molecule has 11 heavy (non-hydrogen) atoms. The van der Waals surface area contributed by atoms with Crippen molar-refractivity contribution in [3.63, 3.8) is 0 Å². The quantitative estimate of drug-likeness (QED) is 0.420. The van der Waals surface area contributed by atoms with Gasteiger partial charge in [0.1, 0.15) is 18.3 Å². The first-order valence-corrected chi connectivity index (χ1v) is 3.35. The van der Waals surface area contributed by atoms with E-state index in [9.17, 15) is 5.11 Å². The van der Waals surface area contributed by atoms with Gasteiger partial charge in [0, 0.05) is 7.11 Å². The monoisotopic (exact) mass is 164 g/mol. The second-order valence-electron chi connectivity index (χ2n) is 2.48. The Morgan fingerprint density at radius 1 is 1.36 bits per heavy atom. The molecule has 1 saturated heterocycles. The van der Waals surface area contributed by atoms with Gasteiger partial charge < -0.3 is 24.8 Å². The van der Waals surface area contributed by atoms with E-state index in [0.29, 0.717) is 0 Å². The topological polar surface area (TPSA) is 79.2 Å². The van der Waals surface area contributed by atoms with E-state index in [1.165, 1.54) is 7.11 Å². The minimum absolute atomic E-state index is 0.0673. The summed E-state index contributed by atoms with van der Waals surface area (Å²) in [6, 6.07) is 0. The van der Waals surface area contributed by atoms with Crippen molar-refractivity contribution in [2.75, 3.05) is 13.7 Å². The molecule has 0 aromatic rings. The summed E-state index contributed by atoms with van der Waals surface area (Å²) in [6.07, 6.45) is -4.08. The van der Waals surface area contributed by atoms with Crippen LogP contribution in [0.3, 0.4) is 0 Å². The predicted octanol–water partition coefficient (Wildman–Crippen LogP) is -1.93. The van der Waals surface area contributed by atoms with Crippen molar-refractivity contribution in [1.29, 1.82) is 0 Å². The number of methoxy groups -OCH3 is 1. The molecule has 0 amide bonds. The highest BCUT2D eigenvalue weighted by Gasteiger charge is 2.37. The van der Waals surface area contributed by atoms with Crippen LogP contribution in [0.5, 0.6) is 0 Å². The molecule has 0 aromatic heterocycles. The predicted molar refractivity (Wildman–Crippen MR) is 34.8 cm³/mol. The first-order chi connectivity index (χ1) is 5.16. The summed E-state index contributed by atoms with van der Waals surface area (Å²) < 4.78 is 9.39. The highest BCUT2D eigenvalue weighted by Crippen LogP contribution is 2.15. The van der Waals surface area contributed by atoms with Gasteiger partial charge in [-0.25, -0.2) is 0 Å². The maximum absolute atomic E-state index is 9.19. The van der Waals surface area contributed by atoms with Gasteiger partial charge in [-0.05, 0) is 0 Å². The van der Waals surface area contributed by atoms with E-state index in [-0.39, 0.29) is 6.61 Å². The van der Waals surface area contributed by atoms with Crippen LogP contribution < -0.4 is 0 Å². The van der Waals surface area contributed by atoms with E-state index in [1.54, 1.807) is 0 Å². The van der Waals surface area contributed by atoms with Gasteiger partial charge in [-0.1, -0.05) is 0 Å². The summed E-state index contributed by atoms with van der Waals surface area (Å²) in [6.45, 7) is -0.0673. The molecular formula is C6H12O5. The zero-order valence-electron chi connectivity index (χ0n) is 6.17. The van der Waals surface area contributed by atoms with Crippen molar-refractivity contribution in [3.05, 3.63) is 0 Å². The summed E-state index contributed by atoms with van der Waals surface area (Å²) in [5.74, 6) is 0. The third-order valence-electron chi connectivity index (χ3n) is 1.72.